The standard InChI is InChI=1S/C28H28N4O/c1-2-6-25-24(5-1)22(19-30-25)17-23-10-11-27(33-23)21-8-7-20-9-12-28(31-26(20)18-21)29-13-16-32-14-3-4-15-32/h1-2,5-12,17-18,30H,3-4,13-16,19H2,(H,29,31). The summed E-state index contributed by atoms with van der Waals surface area (Å²) >= 11 is 0. The van der Waals surface area contributed by atoms with Gasteiger partial charge in [-0.1, -0.05) is 30.3 Å². The largest absolute Gasteiger partial charge is 0.457 e. The van der Waals surface area contributed by atoms with Crippen molar-refractivity contribution < 1.29 is 4.42 Å². The van der Waals surface area contributed by atoms with Crippen LogP contribution >= 0.6 is 0 Å². The zero-order valence-corrected chi connectivity index (χ0v) is 18.7. The Bertz CT molecular complexity index is 1320. The third-order valence-electron chi connectivity index (χ3n) is 6.60. The van der Waals surface area contributed by atoms with Crippen LogP contribution in [-0.2, 0) is 0 Å². The highest BCUT2D eigenvalue weighted by molar-refractivity contribution is 5.92. The molecule has 1 fully saturated rings. The summed E-state index contributed by atoms with van der Waals surface area (Å²) in [6.07, 6.45) is 4.78. The van der Waals surface area contributed by atoms with Gasteiger partial charge in [-0.15, -0.1) is 0 Å². The first-order valence-corrected chi connectivity index (χ1v) is 11.8. The molecule has 1 saturated heterocycles. The van der Waals surface area contributed by atoms with Crippen molar-refractivity contribution in [3.05, 3.63) is 78.1 Å². The molecule has 0 saturated carbocycles. The van der Waals surface area contributed by atoms with E-state index in [9.17, 15) is 0 Å². The van der Waals surface area contributed by atoms with E-state index in [1.165, 1.54) is 42.8 Å². The molecule has 0 atom stereocenters. The van der Waals surface area contributed by atoms with Crippen molar-refractivity contribution in [2.45, 2.75) is 12.8 Å². The molecule has 4 aromatic rings. The molecule has 6 rings (SSSR count). The third-order valence-corrected chi connectivity index (χ3v) is 6.60. The molecule has 0 spiro atoms. The number of aromatic nitrogens is 1. The Kier molecular flexibility index (Phi) is 5.32. The van der Waals surface area contributed by atoms with Gasteiger partial charge in [0, 0.05) is 41.8 Å². The summed E-state index contributed by atoms with van der Waals surface area (Å²) in [4.78, 5) is 7.36. The molecule has 4 heterocycles. The smallest absolute Gasteiger partial charge is 0.134 e. The molecule has 0 radical (unpaired) electrons. The van der Waals surface area contributed by atoms with E-state index in [-0.39, 0.29) is 0 Å². The van der Waals surface area contributed by atoms with Crippen LogP contribution in [0.3, 0.4) is 0 Å². The number of furan rings is 1. The molecule has 0 aliphatic carbocycles. The molecule has 2 aliphatic rings. The fourth-order valence-corrected chi connectivity index (χ4v) is 4.81. The first-order valence-electron chi connectivity index (χ1n) is 11.8. The Morgan fingerprint density at radius 1 is 1.00 bits per heavy atom. The average molecular weight is 437 g/mol. The first-order chi connectivity index (χ1) is 16.3. The second-order valence-electron chi connectivity index (χ2n) is 8.85. The Morgan fingerprint density at radius 3 is 2.82 bits per heavy atom. The zero-order chi connectivity index (χ0) is 22.0. The van der Waals surface area contributed by atoms with E-state index in [0.717, 1.165) is 53.4 Å². The topological polar surface area (TPSA) is 53.3 Å². The van der Waals surface area contributed by atoms with Gasteiger partial charge in [0.15, 0.2) is 0 Å². The van der Waals surface area contributed by atoms with Crippen LogP contribution in [-0.4, -0.2) is 42.6 Å². The zero-order valence-electron chi connectivity index (χ0n) is 18.7. The molecule has 0 bridgehead atoms. The summed E-state index contributed by atoms with van der Waals surface area (Å²) < 4.78 is 6.19. The number of nitrogens with one attached hydrogen (secondary N) is 2. The molecule has 2 aromatic carbocycles. The van der Waals surface area contributed by atoms with Gasteiger partial charge in [-0.05, 0) is 74.0 Å². The Hall–Kier alpha value is -3.57. The summed E-state index contributed by atoms with van der Waals surface area (Å²) in [6.45, 7) is 5.27. The number of fused-ring (bicyclic) bond motifs is 2. The average Bonchev–Trinajstić information content (AvgIpc) is 3.61. The molecule has 2 N–H and O–H groups in total. The van der Waals surface area contributed by atoms with Crippen molar-refractivity contribution in [3.63, 3.8) is 0 Å². The van der Waals surface area contributed by atoms with Gasteiger partial charge in [0.25, 0.3) is 0 Å². The van der Waals surface area contributed by atoms with E-state index >= 15 is 0 Å². The lowest BCUT2D eigenvalue weighted by Gasteiger charge is -2.15. The van der Waals surface area contributed by atoms with Crippen molar-refractivity contribution in [1.29, 1.82) is 0 Å². The highest BCUT2D eigenvalue weighted by atomic mass is 16.3. The minimum Gasteiger partial charge on any atom is -0.457 e. The van der Waals surface area contributed by atoms with Gasteiger partial charge in [0.05, 0.1) is 5.52 Å². The molecule has 166 valence electrons. The number of hydrogen-bond donors (Lipinski definition) is 2. The maximum absolute atomic E-state index is 6.19. The van der Waals surface area contributed by atoms with Crippen molar-refractivity contribution in [3.8, 4) is 11.3 Å². The quantitative estimate of drug-likeness (QED) is 0.390. The van der Waals surface area contributed by atoms with E-state index in [1.807, 2.05) is 12.1 Å². The van der Waals surface area contributed by atoms with E-state index in [4.69, 9.17) is 9.40 Å². The number of anilines is 2. The van der Waals surface area contributed by atoms with E-state index < -0.39 is 0 Å². The number of pyridine rings is 1. The van der Waals surface area contributed by atoms with E-state index in [0.29, 0.717) is 0 Å². The van der Waals surface area contributed by atoms with Crippen molar-refractivity contribution in [2.24, 2.45) is 0 Å². The van der Waals surface area contributed by atoms with Gasteiger partial charge in [0.1, 0.15) is 17.3 Å². The second-order valence-corrected chi connectivity index (χ2v) is 8.85. The molecule has 0 unspecified atom stereocenters. The molecular weight excluding hydrogens is 408 g/mol. The minimum absolute atomic E-state index is 0.822. The first kappa shape index (κ1) is 20.1. The summed E-state index contributed by atoms with van der Waals surface area (Å²) in [5, 5.41) is 8.05. The van der Waals surface area contributed by atoms with Crippen LogP contribution in [0, 0.1) is 0 Å². The highest BCUT2D eigenvalue weighted by Gasteiger charge is 2.15. The van der Waals surface area contributed by atoms with Crippen molar-refractivity contribution in [1.82, 2.24) is 9.88 Å². The van der Waals surface area contributed by atoms with Crippen LogP contribution in [0.2, 0.25) is 0 Å². The number of rotatable bonds is 6. The molecule has 2 aromatic heterocycles. The normalized spacial score (nSPS) is 16.9. The maximum Gasteiger partial charge on any atom is 0.134 e. The van der Waals surface area contributed by atoms with Gasteiger partial charge in [0.2, 0.25) is 0 Å². The molecule has 0 amide bonds. The predicted molar refractivity (Wildman–Crippen MR) is 136 cm³/mol. The van der Waals surface area contributed by atoms with Crippen LogP contribution < -0.4 is 10.6 Å². The summed E-state index contributed by atoms with van der Waals surface area (Å²) in [6, 6.07) is 23.0. The number of para-hydroxylation sites is 1. The van der Waals surface area contributed by atoms with Gasteiger partial charge >= 0.3 is 0 Å². The van der Waals surface area contributed by atoms with Crippen LogP contribution in [0.15, 0.2) is 71.1 Å². The number of hydrogen-bond acceptors (Lipinski definition) is 5. The summed E-state index contributed by atoms with van der Waals surface area (Å²) in [5.74, 6) is 2.65. The van der Waals surface area contributed by atoms with Crippen molar-refractivity contribution >= 4 is 34.1 Å². The van der Waals surface area contributed by atoms with Crippen LogP contribution in [0.4, 0.5) is 11.5 Å². The molecule has 33 heavy (non-hydrogen) atoms. The van der Waals surface area contributed by atoms with Gasteiger partial charge < -0.3 is 20.0 Å². The second kappa shape index (κ2) is 8.75. The summed E-state index contributed by atoms with van der Waals surface area (Å²) in [5.41, 5.74) is 5.69. The SMILES string of the molecule is C(=C1CNc2ccccc21)c1ccc(-c2ccc3ccc(NCCN4CCCC4)nc3c2)o1. The molecular formula is C28H28N4O. The minimum atomic E-state index is 0.822. The van der Waals surface area contributed by atoms with Gasteiger partial charge in [-0.3, -0.25) is 0 Å². The van der Waals surface area contributed by atoms with Gasteiger partial charge in [-0.25, -0.2) is 4.98 Å². The fraction of sp³-hybridized carbons (Fsp3) is 0.250. The van der Waals surface area contributed by atoms with Crippen molar-refractivity contribution in [2.75, 3.05) is 43.4 Å². The van der Waals surface area contributed by atoms with E-state index in [1.54, 1.807) is 0 Å². The number of benzene rings is 2. The van der Waals surface area contributed by atoms with Crippen LogP contribution in [0.1, 0.15) is 24.2 Å². The lowest BCUT2D eigenvalue weighted by atomic mass is 10.1. The highest BCUT2D eigenvalue weighted by Crippen LogP contribution is 2.33. The molecule has 5 heteroatoms. The van der Waals surface area contributed by atoms with Crippen LogP contribution in [0.25, 0.3) is 33.9 Å². The lowest BCUT2D eigenvalue weighted by molar-refractivity contribution is 0.352. The fourth-order valence-electron chi connectivity index (χ4n) is 4.81. The number of likely N-dealkylation sites (tertiary alicyclic amines) is 1. The predicted octanol–water partition coefficient (Wildman–Crippen LogP) is 5.97. The molecule has 2 aliphatic heterocycles. The summed E-state index contributed by atoms with van der Waals surface area (Å²) in [7, 11) is 0. The number of nitrogens with zero attached hydrogens (tertiary/aromatic N) is 2. The lowest BCUT2D eigenvalue weighted by Crippen LogP contribution is -2.26. The monoisotopic (exact) mass is 436 g/mol. The Labute approximate surface area is 194 Å². The van der Waals surface area contributed by atoms with Gasteiger partial charge in [-0.2, -0.15) is 0 Å². The molecule has 5 nitrogen and oxygen atoms in total. The van der Waals surface area contributed by atoms with Crippen LogP contribution in [0.5, 0.6) is 0 Å². The maximum atomic E-state index is 6.19. The third kappa shape index (κ3) is 4.24. The van der Waals surface area contributed by atoms with E-state index in [2.05, 4.69) is 76.2 Å². The Balaban J connectivity index is 1.20. The Morgan fingerprint density at radius 2 is 1.88 bits per heavy atom.